The molecule has 30 heavy (non-hydrogen) atoms. The highest BCUT2D eigenvalue weighted by atomic mass is 16.7. The molecule has 9 heteroatoms. The van der Waals surface area contributed by atoms with Crippen molar-refractivity contribution in [2.24, 2.45) is 5.16 Å². The predicted octanol–water partition coefficient (Wildman–Crippen LogP) is 2.60. The Labute approximate surface area is 173 Å². The van der Waals surface area contributed by atoms with Crippen LogP contribution in [0.5, 0.6) is 23.0 Å². The first-order chi connectivity index (χ1) is 14.5. The molecule has 0 saturated heterocycles. The minimum atomic E-state index is -0.717. The number of hydrogen-bond acceptors (Lipinski definition) is 9. The molecule has 1 heterocycles. The number of oxime groups is 1. The van der Waals surface area contributed by atoms with Gasteiger partial charge in [0.1, 0.15) is 0 Å². The van der Waals surface area contributed by atoms with Crippen molar-refractivity contribution >= 4 is 17.5 Å². The molecule has 1 aliphatic heterocycles. The average Bonchev–Trinajstić information content (AvgIpc) is 3.24. The van der Waals surface area contributed by atoms with Crippen molar-refractivity contribution in [3.05, 3.63) is 47.5 Å². The lowest BCUT2D eigenvalue weighted by molar-refractivity contribution is -0.147. The summed E-state index contributed by atoms with van der Waals surface area (Å²) in [5.41, 5.74) is 1.64. The molecule has 158 valence electrons. The van der Waals surface area contributed by atoms with Gasteiger partial charge in [0.05, 0.1) is 19.9 Å². The molecule has 3 rings (SSSR count). The van der Waals surface area contributed by atoms with Gasteiger partial charge in [0.2, 0.25) is 13.4 Å². The molecule has 9 nitrogen and oxygen atoms in total. The van der Waals surface area contributed by atoms with Crippen LogP contribution in [0.3, 0.4) is 0 Å². The molecule has 0 bridgehead atoms. The number of Topliss-reactive ketones (excluding diaryl/α,β-unsaturated/α-hetero) is 1. The van der Waals surface area contributed by atoms with Crippen molar-refractivity contribution in [2.45, 2.75) is 6.92 Å². The quantitative estimate of drug-likeness (QED) is 0.267. The van der Waals surface area contributed by atoms with Crippen molar-refractivity contribution in [3.8, 4) is 23.0 Å². The minimum absolute atomic E-state index is 0.180. The van der Waals surface area contributed by atoms with E-state index in [2.05, 4.69) is 5.16 Å². The number of ether oxygens (including phenoxy) is 5. The van der Waals surface area contributed by atoms with Gasteiger partial charge in [-0.3, -0.25) is 4.79 Å². The van der Waals surface area contributed by atoms with Crippen LogP contribution in [0.15, 0.2) is 41.6 Å². The second kappa shape index (κ2) is 9.64. The summed E-state index contributed by atoms with van der Waals surface area (Å²) in [5.74, 6) is 1.09. The highest BCUT2D eigenvalue weighted by Gasteiger charge is 2.15. The Balaban J connectivity index is 1.47. The van der Waals surface area contributed by atoms with E-state index in [0.29, 0.717) is 34.3 Å². The number of rotatable bonds is 9. The number of esters is 1. The predicted molar refractivity (Wildman–Crippen MR) is 106 cm³/mol. The van der Waals surface area contributed by atoms with E-state index in [-0.39, 0.29) is 12.6 Å². The number of hydrogen-bond donors (Lipinski definition) is 0. The van der Waals surface area contributed by atoms with Crippen LogP contribution < -0.4 is 18.9 Å². The highest BCUT2D eigenvalue weighted by molar-refractivity contribution is 5.99. The van der Waals surface area contributed by atoms with Crippen molar-refractivity contribution in [1.82, 2.24) is 0 Å². The van der Waals surface area contributed by atoms with E-state index in [1.807, 2.05) is 0 Å². The maximum atomic E-state index is 12.2. The summed E-state index contributed by atoms with van der Waals surface area (Å²) >= 11 is 0. The van der Waals surface area contributed by atoms with Gasteiger partial charge in [-0.15, -0.1) is 0 Å². The number of carbonyl (C=O) groups excluding carboxylic acids is 2. The van der Waals surface area contributed by atoms with Crippen LogP contribution in [0.2, 0.25) is 0 Å². The molecule has 0 spiro atoms. The van der Waals surface area contributed by atoms with E-state index in [9.17, 15) is 9.59 Å². The number of fused-ring (bicyclic) bond motifs is 1. The normalized spacial score (nSPS) is 12.3. The summed E-state index contributed by atoms with van der Waals surface area (Å²) in [5, 5.41) is 3.89. The molecule has 0 atom stereocenters. The zero-order valence-corrected chi connectivity index (χ0v) is 16.8. The van der Waals surface area contributed by atoms with Crippen molar-refractivity contribution in [1.29, 1.82) is 0 Å². The molecule has 0 amide bonds. The van der Waals surface area contributed by atoms with Crippen LogP contribution in [0.25, 0.3) is 0 Å². The van der Waals surface area contributed by atoms with Gasteiger partial charge >= 0.3 is 5.97 Å². The fraction of sp³-hybridized carbons (Fsp3) is 0.286. The molecule has 0 radical (unpaired) electrons. The lowest BCUT2D eigenvalue weighted by Gasteiger charge is -2.09. The van der Waals surface area contributed by atoms with Gasteiger partial charge in [-0.05, 0) is 43.3 Å². The standard InChI is InChI=1S/C21H21NO8/c1-13(14-4-7-18-20(8-14)29-12-28-18)22-30-11-21(24)27-10-16(23)15-5-6-17(25-2)19(9-15)26-3/h4-9H,10-12H2,1-3H3/b22-13-. The summed E-state index contributed by atoms with van der Waals surface area (Å²) in [6, 6.07) is 10.0. The highest BCUT2D eigenvalue weighted by Crippen LogP contribution is 2.32. The lowest BCUT2D eigenvalue weighted by Crippen LogP contribution is -2.17. The molecule has 0 unspecified atom stereocenters. The largest absolute Gasteiger partial charge is 0.493 e. The summed E-state index contributed by atoms with van der Waals surface area (Å²) in [4.78, 5) is 29.1. The molecule has 0 fully saturated rings. The first-order valence-electron chi connectivity index (χ1n) is 8.99. The minimum Gasteiger partial charge on any atom is -0.493 e. The molecule has 0 aromatic heterocycles. The second-order valence-corrected chi connectivity index (χ2v) is 6.17. The third-order valence-corrected chi connectivity index (χ3v) is 4.24. The number of benzene rings is 2. The van der Waals surface area contributed by atoms with Gasteiger partial charge in [-0.2, -0.15) is 0 Å². The smallest absolute Gasteiger partial charge is 0.347 e. The molecule has 0 saturated carbocycles. The Hall–Kier alpha value is -3.75. The summed E-state index contributed by atoms with van der Waals surface area (Å²) in [6.45, 7) is 1.05. The van der Waals surface area contributed by atoms with Crippen molar-refractivity contribution in [3.63, 3.8) is 0 Å². The van der Waals surface area contributed by atoms with Gasteiger partial charge in [0.25, 0.3) is 0 Å². The number of ketones is 1. The molecule has 0 aliphatic carbocycles. The van der Waals surface area contributed by atoms with Gasteiger partial charge in [0, 0.05) is 11.1 Å². The Bertz CT molecular complexity index is 969. The molecule has 2 aromatic rings. The van der Waals surface area contributed by atoms with Crippen molar-refractivity contribution < 1.29 is 38.1 Å². The second-order valence-electron chi connectivity index (χ2n) is 6.17. The van der Waals surface area contributed by atoms with Crippen LogP contribution in [-0.2, 0) is 14.4 Å². The van der Waals surface area contributed by atoms with Gasteiger partial charge in [0.15, 0.2) is 35.4 Å². The van der Waals surface area contributed by atoms with E-state index in [1.54, 1.807) is 37.3 Å². The van der Waals surface area contributed by atoms with Crippen LogP contribution in [0.4, 0.5) is 0 Å². The maximum absolute atomic E-state index is 12.2. The van der Waals surface area contributed by atoms with Crippen molar-refractivity contribution in [2.75, 3.05) is 34.2 Å². The monoisotopic (exact) mass is 415 g/mol. The Morgan fingerprint density at radius 1 is 0.933 bits per heavy atom. The van der Waals surface area contributed by atoms with Gasteiger partial charge in [-0.25, -0.2) is 4.79 Å². The Morgan fingerprint density at radius 3 is 2.43 bits per heavy atom. The zero-order valence-electron chi connectivity index (χ0n) is 16.8. The fourth-order valence-electron chi connectivity index (χ4n) is 2.64. The van der Waals surface area contributed by atoms with Crippen LogP contribution in [0.1, 0.15) is 22.8 Å². The third-order valence-electron chi connectivity index (χ3n) is 4.24. The number of carbonyl (C=O) groups is 2. The Morgan fingerprint density at radius 2 is 1.67 bits per heavy atom. The van der Waals surface area contributed by atoms with Gasteiger partial charge < -0.3 is 28.5 Å². The summed E-state index contributed by atoms with van der Waals surface area (Å²) in [6.07, 6.45) is 0. The number of methoxy groups -OCH3 is 2. The van der Waals surface area contributed by atoms with E-state index in [4.69, 9.17) is 28.5 Å². The average molecular weight is 415 g/mol. The van der Waals surface area contributed by atoms with Crippen LogP contribution in [0, 0.1) is 0 Å². The van der Waals surface area contributed by atoms with Crippen LogP contribution in [-0.4, -0.2) is 51.7 Å². The van der Waals surface area contributed by atoms with Crippen LogP contribution >= 0.6 is 0 Å². The number of nitrogens with zero attached hydrogens (tertiary/aromatic N) is 1. The lowest BCUT2D eigenvalue weighted by atomic mass is 10.1. The molecule has 0 N–H and O–H groups in total. The van der Waals surface area contributed by atoms with E-state index >= 15 is 0 Å². The van der Waals surface area contributed by atoms with E-state index in [1.165, 1.54) is 20.3 Å². The first kappa shape index (κ1) is 21.0. The summed E-state index contributed by atoms with van der Waals surface area (Å²) < 4.78 is 25.8. The molecule has 1 aliphatic rings. The zero-order chi connectivity index (χ0) is 21.5. The topological polar surface area (TPSA) is 102 Å². The van der Waals surface area contributed by atoms with E-state index < -0.39 is 19.2 Å². The summed E-state index contributed by atoms with van der Waals surface area (Å²) in [7, 11) is 2.97. The Kier molecular flexibility index (Phi) is 6.74. The molecular formula is C21H21NO8. The SMILES string of the molecule is COc1ccc(C(=O)COC(=O)CO/N=C(/C)c2ccc3c(c2)OCO3)cc1OC. The first-order valence-corrected chi connectivity index (χ1v) is 8.99. The van der Waals surface area contributed by atoms with Gasteiger partial charge in [-0.1, -0.05) is 5.16 Å². The maximum Gasteiger partial charge on any atom is 0.347 e. The molecule has 2 aromatic carbocycles. The third kappa shape index (κ3) is 4.99. The fourth-order valence-corrected chi connectivity index (χ4v) is 2.64. The molecular weight excluding hydrogens is 394 g/mol. The van der Waals surface area contributed by atoms with E-state index in [0.717, 1.165) is 5.56 Å².